The van der Waals surface area contributed by atoms with E-state index >= 15 is 0 Å². The van der Waals surface area contributed by atoms with E-state index < -0.39 is 11.7 Å². The second kappa shape index (κ2) is 10.8. The third-order valence-electron chi connectivity index (χ3n) is 5.79. The number of ether oxygens (including phenoxy) is 2. The van der Waals surface area contributed by atoms with Crippen molar-refractivity contribution in [2.45, 2.75) is 25.1 Å². The van der Waals surface area contributed by atoms with Crippen molar-refractivity contribution in [2.24, 2.45) is 0 Å². The fourth-order valence-corrected chi connectivity index (χ4v) is 5.07. The smallest absolute Gasteiger partial charge is 0.416 e. The van der Waals surface area contributed by atoms with E-state index in [0.717, 1.165) is 11.1 Å². The predicted molar refractivity (Wildman–Crippen MR) is 143 cm³/mol. The molecule has 0 aliphatic heterocycles. The molecule has 0 fully saturated rings. The van der Waals surface area contributed by atoms with Gasteiger partial charge in [0.15, 0.2) is 11.5 Å². The Morgan fingerprint density at radius 2 is 1.95 bits per heavy atom. The molecule has 4 aromatic rings. The van der Waals surface area contributed by atoms with Crippen LogP contribution in [-0.2, 0) is 6.61 Å². The summed E-state index contributed by atoms with van der Waals surface area (Å²) in [5, 5.41) is 7.34. The van der Waals surface area contributed by atoms with Crippen LogP contribution in [0.5, 0.6) is 11.5 Å². The van der Waals surface area contributed by atoms with E-state index in [4.69, 9.17) is 32.7 Å². The number of fused-ring (bicyclic) bond motifs is 1. The molecular weight excluding hydrogens is 560 g/mol. The molecule has 5 rings (SSSR count). The Balaban J connectivity index is 1.31. The van der Waals surface area contributed by atoms with Crippen molar-refractivity contribution >= 4 is 56.9 Å². The molecule has 1 unspecified atom stereocenters. The summed E-state index contributed by atoms with van der Waals surface area (Å²) in [7, 11) is 1.53. The van der Waals surface area contributed by atoms with Gasteiger partial charge in [0.05, 0.1) is 33.9 Å². The van der Waals surface area contributed by atoms with Crippen LogP contribution in [-0.4, -0.2) is 28.2 Å². The Bertz CT molecular complexity index is 1560. The number of nitrogens with zero attached hydrogens (tertiary/aromatic N) is 3. The molecule has 1 aliphatic rings. The monoisotopic (exact) mass is 578 g/mol. The fourth-order valence-electron chi connectivity index (χ4n) is 3.87. The molecule has 0 spiro atoms. The molecule has 12 heteroatoms. The normalized spacial score (nSPS) is 15.4. The van der Waals surface area contributed by atoms with E-state index in [1.165, 1.54) is 30.8 Å². The van der Waals surface area contributed by atoms with E-state index in [1.54, 1.807) is 36.4 Å². The Hall–Kier alpha value is -3.34. The quantitative estimate of drug-likeness (QED) is 0.238. The molecule has 0 bridgehead atoms. The summed E-state index contributed by atoms with van der Waals surface area (Å²) >= 11 is 13.5. The second-order valence-electron chi connectivity index (χ2n) is 8.32. The number of allylic oxidation sites excluding steroid dienone is 4. The Labute approximate surface area is 229 Å². The van der Waals surface area contributed by atoms with Crippen LogP contribution in [0.1, 0.15) is 23.0 Å². The first kappa shape index (κ1) is 26.3. The topological polar surface area (TPSA) is 69.2 Å². The maximum absolute atomic E-state index is 12.9. The number of thiazole rings is 1. The molecule has 0 amide bonds. The molecule has 38 heavy (non-hydrogen) atoms. The van der Waals surface area contributed by atoms with Crippen LogP contribution in [0, 0.1) is 0 Å². The van der Waals surface area contributed by atoms with Gasteiger partial charge in [0.2, 0.25) is 0 Å². The molecule has 2 aromatic heterocycles. The van der Waals surface area contributed by atoms with Crippen molar-refractivity contribution in [1.29, 1.82) is 0 Å². The first-order valence-electron chi connectivity index (χ1n) is 11.3. The summed E-state index contributed by atoms with van der Waals surface area (Å²) < 4.78 is 50.1. The Kier molecular flexibility index (Phi) is 7.47. The molecule has 196 valence electrons. The summed E-state index contributed by atoms with van der Waals surface area (Å²) in [6.07, 6.45) is 1.19. The van der Waals surface area contributed by atoms with Gasteiger partial charge in [-0.15, -0.1) is 11.3 Å². The number of hydrogen-bond acceptors (Lipinski definition) is 7. The largest absolute Gasteiger partial charge is 0.493 e. The van der Waals surface area contributed by atoms with E-state index in [9.17, 15) is 13.2 Å². The first-order chi connectivity index (χ1) is 18.2. The number of rotatable bonds is 7. The fraction of sp³-hybridized carbons (Fsp3) is 0.192. The zero-order chi connectivity index (χ0) is 26.9. The van der Waals surface area contributed by atoms with E-state index in [0.29, 0.717) is 49.6 Å². The van der Waals surface area contributed by atoms with Gasteiger partial charge in [-0.25, -0.2) is 15.0 Å². The van der Waals surface area contributed by atoms with Gasteiger partial charge in [0, 0.05) is 28.4 Å². The van der Waals surface area contributed by atoms with Gasteiger partial charge in [-0.3, -0.25) is 0 Å². The van der Waals surface area contributed by atoms with Crippen molar-refractivity contribution in [3.05, 3.63) is 86.6 Å². The molecule has 1 aliphatic carbocycles. The van der Waals surface area contributed by atoms with Crippen molar-refractivity contribution < 1.29 is 22.6 Å². The lowest BCUT2D eigenvalue weighted by atomic mass is 9.97. The summed E-state index contributed by atoms with van der Waals surface area (Å²) in [6, 6.07) is 8.69. The Morgan fingerprint density at radius 3 is 2.66 bits per heavy atom. The molecule has 6 nitrogen and oxygen atoms in total. The van der Waals surface area contributed by atoms with Crippen molar-refractivity contribution in [3.63, 3.8) is 0 Å². The van der Waals surface area contributed by atoms with Gasteiger partial charge in [0.25, 0.3) is 0 Å². The van der Waals surface area contributed by atoms with Gasteiger partial charge in [0.1, 0.15) is 23.8 Å². The van der Waals surface area contributed by atoms with Crippen LogP contribution in [0.15, 0.2) is 65.8 Å². The molecule has 0 radical (unpaired) electrons. The SMILES string of the molecule is COc1cc2c(Nc3ccc(Cl)c(Cl)c3)ncnc2cc1OCc1csc(C2C=CC(C(F)(F)F)=CC2)n1. The van der Waals surface area contributed by atoms with Crippen molar-refractivity contribution in [2.75, 3.05) is 12.4 Å². The van der Waals surface area contributed by atoms with Crippen LogP contribution in [0.2, 0.25) is 10.0 Å². The number of anilines is 2. The van der Waals surface area contributed by atoms with Gasteiger partial charge in [-0.2, -0.15) is 13.2 Å². The molecule has 0 saturated carbocycles. The van der Waals surface area contributed by atoms with Crippen LogP contribution >= 0.6 is 34.5 Å². The summed E-state index contributed by atoms with van der Waals surface area (Å²) in [5.74, 6) is 1.28. The van der Waals surface area contributed by atoms with Gasteiger partial charge in [-0.1, -0.05) is 41.4 Å². The second-order valence-corrected chi connectivity index (χ2v) is 10.0. The van der Waals surface area contributed by atoms with Crippen molar-refractivity contribution in [3.8, 4) is 11.5 Å². The number of methoxy groups -OCH3 is 1. The van der Waals surface area contributed by atoms with Crippen molar-refractivity contribution in [1.82, 2.24) is 15.0 Å². The van der Waals surface area contributed by atoms with E-state index in [2.05, 4.69) is 20.3 Å². The molecule has 1 atom stereocenters. The standard InChI is InChI=1S/C26H19Cl2F3N4O2S/c1-36-22-9-18-21(32-13-33-24(18)34-16-6-7-19(27)20(28)8-16)10-23(22)37-11-17-12-38-25(35-17)14-2-4-15(5-3-14)26(29,30)31/h2,4-10,12-14H,3,11H2,1H3,(H,32,33,34). The number of halogens is 5. The highest BCUT2D eigenvalue weighted by Crippen LogP contribution is 2.37. The molecule has 0 saturated heterocycles. The third-order valence-corrected chi connectivity index (χ3v) is 7.56. The van der Waals surface area contributed by atoms with E-state index in [1.807, 2.05) is 5.38 Å². The molecular formula is C26H19Cl2F3N4O2S. The molecule has 2 heterocycles. The predicted octanol–water partition coefficient (Wildman–Crippen LogP) is 8.26. The summed E-state index contributed by atoms with van der Waals surface area (Å²) in [5.41, 5.74) is 1.36. The van der Waals surface area contributed by atoms with Crippen LogP contribution < -0.4 is 14.8 Å². The maximum Gasteiger partial charge on any atom is 0.416 e. The van der Waals surface area contributed by atoms with Gasteiger partial charge < -0.3 is 14.8 Å². The van der Waals surface area contributed by atoms with E-state index in [-0.39, 0.29) is 18.9 Å². The minimum atomic E-state index is -4.34. The average molecular weight is 579 g/mol. The number of hydrogen-bond donors (Lipinski definition) is 1. The zero-order valence-electron chi connectivity index (χ0n) is 19.7. The Morgan fingerprint density at radius 1 is 1.11 bits per heavy atom. The first-order valence-corrected chi connectivity index (χ1v) is 12.9. The van der Waals surface area contributed by atoms with Crippen LogP contribution in [0.3, 0.4) is 0 Å². The van der Waals surface area contributed by atoms with Crippen LogP contribution in [0.4, 0.5) is 24.7 Å². The summed E-state index contributed by atoms with van der Waals surface area (Å²) in [6.45, 7) is 0.151. The van der Waals surface area contributed by atoms with Gasteiger partial charge >= 0.3 is 6.18 Å². The highest BCUT2D eigenvalue weighted by Gasteiger charge is 2.33. The highest BCUT2D eigenvalue weighted by atomic mass is 35.5. The zero-order valence-corrected chi connectivity index (χ0v) is 22.0. The lowest BCUT2D eigenvalue weighted by Crippen LogP contribution is -2.13. The lowest BCUT2D eigenvalue weighted by molar-refractivity contribution is -0.0886. The number of aromatic nitrogens is 3. The van der Waals surface area contributed by atoms with Crippen LogP contribution in [0.25, 0.3) is 10.9 Å². The maximum atomic E-state index is 12.9. The van der Waals surface area contributed by atoms with Gasteiger partial charge in [-0.05, 0) is 30.7 Å². The average Bonchev–Trinajstić information content (AvgIpc) is 3.38. The minimum absolute atomic E-state index is 0.151. The molecule has 1 N–H and O–H groups in total. The minimum Gasteiger partial charge on any atom is -0.493 e. The summed E-state index contributed by atoms with van der Waals surface area (Å²) in [4.78, 5) is 13.3. The number of alkyl halides is 3. The highest BCUT2D eigenvalue weighted by molar-refractivity contribution is 7.09. The third kappa shape index (κ3) is 5.72. The lowest BCUT2D eigenvalue weighted by Gasteiger charge is -2.16. The molecule has 2 aromatic carbocycles. The number of nitrogens with one attached hydrogen (secondary N) is 1. The number of benzene rings is 2.